The van der Waals surface area contributed by atoms with Crippen LogP contribution in [0.1, 0.15) is 12.0 Å². The van der Waals surface area contributed by atoms with Gasteiger partial charge in [0.1, 0.15) is 5.75 Å². The van der Waals surface area contributed by atoms with E-state index in [-0.39, 0.29) is 5.75 Å². The zero-order valence-electron chi connectivity index (χ0n) is 6.12. The Balaban J connectivity index is 2.71. The van der Waals surface area contributed by atoms with Crippen LogP contribution in [0.5, 0.6) is 5.75 Å². The fourth-order valence-corrected chi connectivity index (χ4v) is 0.913. The lowest BCUT2D eigenvalue weighted by Crippen LogP contribution is -1.82. The molecule has 0 fully saturated rings. The molecule has 0 heterocycles. The summed E-state index contributed by atoms with van der Waals surface area (Å²) in [6.07, 6.45) is 1.08. The molecule has 56 valence electrons. The quantitative estimate of drug-likeness (QED) is 0.693. The van der Waals surface area contributed by atoms with Gasteiger partial charge in [0.15, 0.2) is 0 Å². The maximum atomic E-state index is 9.23. The van der Waals surface area contributed by atoms with Crippen LogP contribution in [0.3, 0.4) is 0 Å². The third-order valence-corrected chi connectivity index (χ3v) is 1.50. The molecule has 0 saturated heterocycles. The minimum atomic E-state index is 0.280. The first-order chi connectivity index (χ1) is 5.34. The number of para-hydroxylation sites is 1. The van der Waals surface area contributed by atoms with Gasteiger partial charge in [0, 0.05) is 6.42 Å². The molecule has 1 aromatic rings. The molecule has 2 heteroatoms. The van der Waals surface area contributed by atoms with Crippen molar-refractivity contribution in [1.82, 2.24) is 0 Å². The van der Waals surface area contributed by atoms with E-state index in [1.165, 1.54) is 0 Å². The van der Waals surface area contributed by atoms with Crippen LogP contribution in [0.4, 0.5) is 0 Å². The highest BCUT2D eigenvalue weighted by molar-refractivity contribution is 5.31. The Hall–Kier alpha value is -1.49. The van der Waals surface area contributed by atoms with Gasteiger partial charge in [0.2, 0.25) is 0 Å². The minimum Gasteiger partial charge on any atom is -0.508 e. The molecule has 0 bridgehead atoms. The van der Waals surface area contributed by atoms with Crippen molar-refractivity contribution in [2.24, 2.45) is 0 Å². The maximum absolute atomic E-state index is 9.23. The van der Waals surface area contributed by atoms with Gasteiger partial charge < -0.3 is 5.11 Å². The molecule has 0 unspecified atom stereocenters. The summed E-state index contributed by atoms with van der Waals surface area (Å²) in [4.78, 5) is 0. The van der Waals surface area contributed by atoms with E-state index in [9.17, 15) is 5.11 Å². The zero-order chi connectivity index (χ0) is 8.10. The Morgan fingerprint density at radius 2 is 2.09 bits per heavy atom. The number of rotatable bonds is 2. The molecule has 1 aromatic carbocycles. The molecule has 0 aliphatic carbocycles. The Morgan fingerprint density at radius 1 is 1.36 bits per heavy atom. The zero-order valence-corrected chi connectivity index (χ0v) is 6.12. The summed E-state index contributed by atoms with van der Waals surface area (Å²) < 4.78 is 0. The van der Waals surface area contributed by atoms with E-state index in [4.69, 9.17) is 5.26 Å². The molecule has 0 aliphatic rings. The molecule has 2 nitrogen and oxygen atoms in total. The molecule has 1 rings (SSSR count). The van der Waals surface area contributed by atoms with Crippen molar-refractivity contribution in [3.8, 4) is 11.8 Å². The topological polar surface area (TPSA) is 44.0 Å². The summed E-state index contributed by atoms with van der Waals surface area (Å²) in [6.45, 7) is 0. The highest BCUT2D eigenvalue weighted by Crippen LogP contribution is 2.16. The highest BCUT2D eigenvalue weighted by Gasteiger charge is 1.96. The fraction of sp³-hybridized carbons (Fsp3) is 0.222. The second-order valence-electron chi connectivity index (χ2n) is 2.29. The van der Waals surface area contributed by atoms with Gasteiger partial charge in [0.05, 0.1) is 6.07 Å². The highest BCUT2D eigenvalue weighted by atomic mass is 16.3. The number of hydrogen-bond donors (Lipinski definition) is 1. The Bertz CT molecular complexity index is 275. The molecule has 1 N–H and O–H groups in total. The van der Waals surface area contributed by atoms with Crippen LogP contribution in [-0.4, -0.2) is 5.11 Å². The van der Waals surface area contributed by atoms with E-state index in [1.54, 1.807) is 12.1 Å². The van der Waals surface area contributed by atoms with E-state index in [2.05, 4.69) is 0 Å². The van der Waals surface area contributed by atoms with Crippen molar-refractivity contribution in [2.45, 2.75) is 12.8 Å². The van der Waals surface area contributed by atoms with Crippen molar-refractivity contribution in [3.63, 3.8) is 0 Å². The summed E-state index contributed by atoms with van der Waals surface area (Å²) in [7, 11) is 0. The standard InChI is InChI=1S/C9H9NO/c10-7-3-5-8-4-1-2-6-9(8)11/h1-2,4,6,11H,3,5H2. The van der Waals surface area contributed by atoms with Crippen LogP contribution >= 0.6 is 0 Å². The molecule has 0 atom stereocenters. The lowest BCUT2D eigenvalue weighted by molar-refractivity contribution is 0.468. The first-order valence-electron chi connectivity index (χ1n) is 3.48. The number of phenolic OH excluding ortho intramolecular Hbond substituents is 1. The smallest absolute Gasteiger partial charge is 0.118 e. The van der Waals surface area contributed by atoms with Gasteiger partial charge in [-0.05, 0) is 18.1 Å². The number of hydrogen-bond acceptors (Lipinski definition) is 2. The predicted octanol–water partition coefficient (Wildman–Crippen LogP) is 1.85. The maximum Gasteiger partial charge on any atom is 0.118 e. The first kappa shape index (κ1) is 7.62. The molecule has 0 aromatic heterocycles. The average Bonchev–Trinajstić information content (AvgIpc) is 2.03. The predicted molar refractivity (Wildman–Crippen MR) is 42.0 cm³/mol. The number of aromatic hydroxyl groups is 1. The molecule has 0 amide bonds. The van der Waals surface area contributed by atoms with Crippen LogP contribution < -0.4 is 0 Å². The van der Waals surface area contributed by atoms with Crippen LogP contribution in [0, 0.1) is 11.3 Å². The van der Waals surface area contributed by atoms with Crippen LogP contribution in [0.15, 0.2) is 24.3 Å². The van der Waals surface area contributed by atoms with Crippen LogP contribution in [0.2, 0.25) is 0 Å². The van der Waals surface area contributed by atoms with Crippen molar-refractivity contribution < 1.29 is 5.11 Å². The molecule has 11 heavy (non-hydrogen) atoms. The molecular weight excluding hydrogens is 138 g/mol. The Labute approximate surface area is 65.7 Å². The number of benzene rings is 1. The molecule has 0 spiro atoms. The van der Waals surface area contributed by atoms with Crippen LogP contribution in [0.25, 0.3) is 0 Å². The van der Waals surface area contributed by atoms with Gasteiger partial charge in [-0.1, -0.05) is 18.2 Å². The van der Waals surface area contributed by atoms with E-state index in [0.29, 0.717) is 12.8 Å². The van der Waals surface area contributed by atoms with E-state index in [1.807, 2.05) is 18.2 Å². The van der Waals surface area contributed by atoms with Crippen LogP contribution in [-0.2, 0) is 6.42 Å². The fourth-order valence-electron chi connectivity index (χ4n) is 0.913. The number of nitriles is 1. The SMILES string of the molecule is N#CCCc1ccccc1O. The monoisotopic (exact) mass is 147 g/mol. The van der Waals surface area contributed by atoms with Gasteiger partial charge >= 0.3 is 0 Å². The summed E-state index contributed by atoms with van der Waals surface area (Å²) >= 11 is 0. The summed E-state index contributed by atoms with van der Waals surface area (Å²) in [5, 5.41) is 17.5. The van der Waals surface area contributed by atoms with Gasteiger partial charge in [0.25, 0.3) is 0 Å². The Morgan fingerprint density at radius 3 is 2.73 bits per heavy atom. The first-order valence-corrected chi connectivity index (χ1v) is 3.48. The van der Waals surface area contributed by atoms with E-state index < -0.39 is 0 Å². The third kappa shape index (κ3) is 1.98. The molecular formula is C9H9NO. The second kappa shape index (κ2) is 3.62. The summed E-state index contributed by atoms with van der Waals surface area (Å²) in [5.41, 5.74) is 0.842. The number of nitrogens with zero attached hydrogens (tertiary/aromatic N) is 1. The van der Waals surface area contributed by atoms with Gasteiger partial charge in [-0.3, -0.25) is 0 Å². The number of aryl methyl sites for hydroxylation is 1. The van der Waals surface area contributed by atoms with Crippen molar-refractivity contribution in [2.75, 3.05) is 0 Å². The summed E-state index contributed by atoms with van der Waals surface area (Å²) in [6, 6.07) is 9.11. The summed E-state index contributed by atoms with van der Waals surface area (Å²) in [5.74, 6) is 0.280. The lowest BCUT2D eigenvalue weighted by Gasteiger charge is -1.98. The molecule has 0 saturated carbocycles. The van der Waals surface area contributed by atoms with Crippen molar-refractivity contribution in [3.05, 3.63) is 29.8 Å². The lowest BCUT2D eigenvalue weighted by atomic mass is 10.1. The second-order valence-corrected chi connectivity index (χ2v) is 2.29. The molecule has 0 aliphatic heterocycles. The number of phenols is 1. The minimum absolute atomic E-state index is 0.280. The van der Waals surface area contributed by atoms with Crippen molar-refractivity contribution in [1.29, 1.82) is 5.26 Å². The van der Waals surface area contributed by atoms with E-state index in [0.717, 1.165) is 5.56 Å². The Kier molecular flexibility index (Phi) is 2.51. The van der Waals surface area contributed by atoms with Gasteiger partial charge in [-0.2, -0.15) is 5.26 Å². The third-order valence-electron chi connectivity index (χ3n) is 1.50. The van der Waals surface area contributed by atoms with Gasteiger partial charge in [-0.15, -0.1) is 0 Å². The molecule has 0 radical (unpaired) electrons. The van der Waals surface area contributed by atoms with E-state index >= 15 is 0 Å². The average molecular weight is 147 g/mol. The van der Waals surface area contributed by atoms with Gasteiger partial charge in [-0.25, -0.2) is 0 Å². The normalized spacial score (nSPS) is 9.00. The van der Waals surface area contributed by atoms with Crippen molar-refractivity contribution >= 4 is 0 Å². The largest absolute Gasteiger partial charge is 0.508 e.